The van der Waals surface area contributed by atoms with Crippen LogP contribution in [0.5, 0.6) is 11.5 Å². The average Bonchev–Trinajstić information content (AvgIpc) is 3.31. The highest BCUT2D eigenvalue weighted by atomic mass is 32.2. The molecule has 1 aliphatic rings. The number of unbranched alkanes of at least 4 members (excludes halogenated alkanes) is 4. The third kappa shape index (κ3) is 14.3. The summed E-state index contributed by atoms with van der Waals surface area (Å²) in [6, 6.07) is 31.8. The molecule has 1 N–H and O–H groups in total. The van der Waals surface area contributed by atoms with E-state index in [1.807, 2.05) is 6.07 Å². The number of allylic oxidation sites excluding steroid dienone is 5. The van der Waals surface area contributed by atoms with Crippen LogP contribution in [-0.4, -0.2) is 49.6 Å². The number of hydrogen-bond donors (Lipinski definition) is 1. The van der Waals surface area contributed by atoms with Crippen LogP contribution in [0.15, 0.2) is 132 Å². The smallest absolute Gasteiger partial charge is 0.295 e. The lowest BCUT2D eigenvalue weighted by Crippen LogP contribution is -2.18. The molecule has 4 aromatic rings. The van der Waals surface area contributed by atoms with Crippen LogP contribution in [0, 0.1) is 11.8 Å². The Morgan fingerprint density at radius 3 is 1.63 bits per heavy atom. The molecule has 0 spiro atoms. The van der Waals surface area contributed by atoms with Crippen molar-refractivity contribution in [3.8, 4) is 11.5 Å². The summed E-state index contributed by atoms with van der Waals surface area (Å²) in [5.41, 5.74) is 7.08. The molecule has 0 aliphatic heterocycles. The van der Waals surface area contributed by atoms with Crippen LogP contribution in [0.1, 0.15) is 130 Å². The first-order valence-corrected chi connectivity index (χ1v) is 25.2. The third-order valence-electron chi connectivity index (χ3n) is 12.2. The van der Waals surface area contributed by atoms with Crippen molar-refractivity contribution < 1.29 is 27.0 Å². The van der Waals surface area contributed by atoms with Gasteiger partial charge in [-0.1, -0.05) is 123 Å². The maximum atomic E-state index is 12.8. The van der Waals surface area contributed by atoms with E-state index >= 15 is 0 Å². The quantitative estimate of drug-likeness (QED) is 0.0500. The summed E-state index contributed by atoms with van der Waals surface area (Å²) < 4.78 is 50.9. The molecule has 0 saturated heterocycles. The van der Waals surface area contributed by atoms with Gasteiger partial charge in [-0.05, 0) is 115 Å². The topological polar surface area (TPSA) is 79.1 Å². The fourth-order valence-corrected chi connectivity index (χ4v) is 8.81. The minimum absolute atomic E-state index is 0.127. The first kappa shape index (κ1) is 49.1. The number of ether oxygens (including phenoxy) is 2. The molecule has 338 valence electrons. The molecule has 2 unspecified atom stereocenters. The van der Waals surface area contributed by atoms with E-state index in [9.17, 15) is 13.0 Å². The normalized spacial score (nSPS) is 13.5. The number of anilines is 2. The van der Waals surface area contributed by atoms with Gasteiger partial charge in [0.05, 0.1) is 13.2 Å². The summed E-state index contributed by atoms with van der Waals surface area (Å²) in [4.78, 5) is 2.20. The fraction of sp³-hybridized carbons (Fsp3) is 0.436. The Hall–Kier alpha value is -4.92. The lowest BCUT2D eigenvalue weighted by Gasteiger charge is -2.26. The van der Waals surface area contributed by atoms with Gasteiger partial charge in [0.1, 0.15) is 22.9 Å². The van der Waals surface area contributed by atoms with Gasteiger partial charge in [-0.25, -0.2) is 0 Å². The second kappa shape index (κ2) is 25.4. The molecule has 0 saturated carbocycles. The Kier molecular flexibility index (Phi) is 19.8. The maximum Gasteiger partial charge on any atom is 0.295 e. The molecule has 4 aromatic carbocycles. The summed E-state index contributed by atoms with van der Waals surface area (Å²) in [6.45, 7) is 16.5. The van der Waals surface area contributed by atoms with Crippen LogP contribution < -0.4 is 14.4 Å². The SMILES string of the molecule is CCCCC(CC)COc1ccc(N(CCCC)c2ccc(C(=C3C=CC(=[N+](CCCC)c4ccc(OCC(CC)CCCC)cc4)C=C3)c3ccccc3S(=O)(=O)O)cc2)cc1. The lowest BCUT2D eigenvalue weighted by molar-refractivity contribution is -0.439. The highest BCUT2D eigenvalue weighted by Gasteiger charge is 2.23. The molecule has 0 aromatic heterocycles. The molecule has 5 rings (SSSR count). The van der Waals surface area contributed by atoms with Gasteiger partial charge in [-0.2, -0.15) is 13.0 Å². The van der Waals surface area contributed by atoms with Crippen LogP contribution in [0.25, 0.3) is 5.57 Å². The van der Waals surface area contributed by atoms with E-state index in [4.69, 9.17) is 9.47 Å². The van der Waals surface area contributed by atoms with E-state index in [1.165, 1.54) is 44.6 Å². The zero-order chi connectivity index (χ0) is 45.0. The largest absolute Gasteiger partial charge is 0.493 e. The summed E-state index contributed by atoms with van der Waals surface area (Å²) in [5.74, 6) is 2.90. The second-order valence-electron chi connectivity index (χ2n) is 16.9. The van der Waals surface area contributed by atoms with Gasteiger partial charge >= 0.3 is 0 Å². The van der Waals surface area contributed by atoms with Crippen molar-refractivity contribution in [2.75, 3.05) is 31.2 Å². The summed E-state index contributed by atoms with van der Waals surface area (Å²) in [5, 5.41) is 0. The van der Waals surface area contributed by atoms with Crippen molar-refractivity contribution in [2.24, 2.45) is 11.8 Å². The predicted octanol–water partition coefficient (Wildman–Crippen LogP) is 14.6. The molecule has 0 radical (unpaired) electrons. The molecule has 0 fully saturated rings. The summed E-state index contributed by atoms with van der Waals surface area (Å²) in [6.07, 6.45) is 22.0. The van der Waals surface area contributed by atoms with E-state index in [1.54, 1.807) is 12.1 Å². The van der Waals surface area contributed by atoms with Gasteiger partial charge in [0.2, 0.25) is 11.4 Å². The van der Waals surface area contributed by atoms with Crippen LogP contribution in [0.3, 0.4) is 0 Å². The molecular weight excluding hydrogens is 801 g/mol. The van der Waals surface area contributed by atoms with E-state index in [0.29, 0.717) is 17.4 Å². The molecule has 0 bridgehead atoms. The Morgan fingerprint density at radius 1 is 0.619 bits per heavy atom. The minimum Gasteiger partial charge on any atom is -0.493 e. The predicted molar refractivity (Wildman–Crippen MR) is 264 cm³/mol. The van der Waals surface area contributed by atoms with Gasteiger partial charge in [0.25, 0.3) is 10.1 Å². The molecule has 0 amide bonds. The van der Waals surface area contributed by atoms with Gasteiger partial charge in [-0.15, -0.1) is 0 Å². The third-order valence-corrected chi connectivity index (χ3v) is 13.1. The number of hydrogen-bond acceptors (Lipinski definition) is 5. The van der Waals surface area contributed by atoms with Crippen molar-refractivity contribution >= 4 is 38.5 Å². The summed E-state index contributed by atoms with van der Waals surface area (Å²) >= 11 is 0. The van der Waals surface area contributed by atoms with Gasteiger partial charge < -0.3 is 14.4 Å². The van der Waals surface area contributed by atoms with E-state index < -0.39 is 10.1 Å². The molecule has 8 heteroatoms. The fourth-order valence-electron chi connectivity index (χ4n) is 8.11. The van der Waals surface area contributed by atoms with Crippen molar-refractivity contribution in [3.05, 3.63) is 138 Å². The van der Waals surface area contributed by atoms with Crippen LogP contribution >= 0.6 is 0 Å². The molecule has 7 nitrogen and oxygen atoms in total. The number of rotatable bonds is 26. The molecular formula is C55H73N2O5S+. The number of nitrogens with zero attached hydrogens (tertiary/aromatic N) is 2. The monoisotopic (exact) mass is 874 g/mol. The van der Waals surface area contributed by atoms with Crippen molar-refractivity contribution in [1.29, 1.82) is 0 Å². The van der Waals surface area contributed by atoms with Crippen LogP contribution in [-0.2, 0) is 10.1 Å². The first-order chi connectivity index (χ1) is 30.6. The highest BCUT2D eigenvalue weighted by Crippen LogP contribution is 2.36. The first-order valence-electron chi connectivity index (χ1n) is 23.8. The van der Waals surface area contributed by atoms with Gasteiger partial charge in [0, 0.05) is 54.2 Å². The van der Waals surface area contributed by atoms with Crippen molar-refractivity contribution in [2.45, 2.75) is 123 Å². The van der Waals surface area contributed by atoms with Crippen molar-refractivity contribution in [3.63, 3.8) is 0 Å². The number of benzene rings is 4. The average molecular weight is 874 g/mol. The zero-order valence-electron chi connectivity index (χ0n) is 38.9. The van der Waals surface area contributed by atoms with E-state index in [2.05, 4.69) is 148 Å². The molecule has 2 atom stereocenters. The Labute approximate surface area is 380 Å². The Bertz CT molecular complexity index is 2220. The second-order valence-corrected chi connectivity index (χ2v) is 18.3. The van der Waals surface area contributed by atoms with Gasteiger partial charge in [0.15, 0.2) is 0 Å². The molecule has 1 aliphatic carbocycles. The molecule has 0 heterocycles. The lowest BCUT2D eigenvalue weighted by atomic mass is 9.90. The van der Waals surface area contributed by atoms with Crippen molar-refractivity contribution in [1.82, 2.24) is 0 Å². The van der Waals surface area contributed by atoms with Gasteiger partial charge in [-0.3, -0.25) is 4.55 Å². The standard InChI is InChI=1S/C55H72N2O5S/c1-7-13-19-43(11-5)41-61-51-35-31-49(32-36-51)56(39-15-9-3)47-27-23-45(24-28-47)55(53-21-17-18-22-54(53)63(58,59)60)46-25-29-48(30-26-46)57(40-16-10-4)50-33-37-52(38-34-50)62-42-44(12-6)20-14-8-2/h17-18,21-38,43-44H,7-16,19-20,39-42H2,1-6H3/p+1. The van der Waals surface area contributed by atoms with Crippen LogP contribution in [0.4, 0.5) is 17.1 Å². The summed E-state index contributed by atoms with van der Waals surface area (Å²) in [7, 11) is -4.53. The zero-order valence-corrected chi connectivity index (χ0v) is 39.7. The van der Waals surface area contributed by atoms with E-state index in [-0.39, 0.29) is 4.90 Å². The maximum absolute atomic E-state index is 12.8. The Balaban J connectivity index is 1.48. The molecule has 63 heavy (non-hydrogen) atoms. The minimum atomic E-state index is -4.53. The van der Waals surface area contributed by atoms with Crippen LogP contribution in [0.2, 0.25) is 0 Å². The Morgan fingerprint density at radius 2 is 1.13 bits per heavy atom. The highest BCUT2D eigenvalue weighted by molar-refractivity contribution is 7.86. The van der Waals surface area contributed by atoms with E-state index in [0.717, 1.165) is 116 Å².